The summed E-state index contributed by atoms with van der Waals surface area (Å²) in [5.74, 6) is -0.581. The van der Waals surface area contributed by atoms with Crippen molar-refractivity contribution in [3.05, 3.63) is 95.4 Å². The van der Waals surface area contributed by atoms with Crippen LogP contribution in [0.3, 0.4) is 0 Å². The Labute approximate surface area is 226 Å². The maximum atomic E-state index is 13.9. The molecular formula is C30H32FN5OS. The van der Waals surface area contributed by atoms with Crippen LogP contribution < -0.4 is 5.32 Å². The third-order valence-electron chi connectivity index (χ3n) is 7.36. The molecule has 0 aliphatic heterocycles. The maximum absolute atomic E-state index is 13.9. The second kappa shape index (κ2) is 11.8. The van der Waals surface area contributed by atoms with Gasteiger partial charge in [0.25, 0.3) is 0 Å². The van der Waals surface area contributed by atoms with E-state index in [0.717, 1.165) is 41.3 Å². The van der Waals surface area contributed by atoms with Crippen molar-refractivity contribution in [1.29, 1.82) is 0 Å². The van der Waals surface area contributed by atoms with E-state index in [2.05, 4.69) is 64.8 Å². The number of carbonyl (C=O) groups excluding carboxylic acids is 1. The van der Waals surface area contributed by atoms with Gasteiger partial charge in [-0.3, -0.25) is 9.48 Å². The number of nitrogens with zero attached hydrogens (tertiary/aromatic N) is 4. The molecule has 1 N–H and O–H groups in total. The fraction of sp³-hybridized carbons (Fsp3) is 0.333. The molecule has 4 unspecified atom stereocenters. The molecule has 2 aromatic heterocycles. The van der Waals surface area contributed by atoms with Gasteiger partial charge in [0.2, 0.25) is 11.0 Å². The number of aromatic nitrogens is 4. The number of halogens is 1. The Balaban J connectivity index is 1.55. The van der Waals surface area contributed by atoms with Crippen LogP contribution in [0.25, 0.3) is 10.9 Å². The molecule has 6 nitrogen and oxygen atoms in total. The highest BCUT2D eigenvalue weighted by Crippen LogP contribution is 2.40. The topological polar surface area (TPSA) is 72.7 Å². The Morgan fingerprint density at radius 3 is 2.76 bits per heavy atom. The number of benzene rings is 2. The molecule has 4 atom stereocenters. The second-order valence-electron chi connectivity index (χ2n) is 9.93. The highest BCUT2D eigenvalue weighted by Gasteiger charge is 2.35. The van der Waals surface area contributed by atoms with Crippen molar-refractivity contribution in [2.45, 2.75) is 51.5 Å². The van der Waals surface area contributed by atoms with Crippen molar-refractivity contribution in [2.75, 3.05) is 5.32 Å². The normalized spacial score (nSPS) is 17.7. The van der Waals surface area contributed by atoms with Gasteiger partial charge in [0.15, 0.2) is 0 Å². The summed E-state index contributed by atoms with van der Waals surface area (Å²) in [6, 6.07) is 16.6. The van der Waals surface area contributed by atoms with Crippen LogP contribution in [0.15, 0.2) is 84.3 Å². The minimum absolute atomic E-state index is 0.0257. The van der Waals surface area contributed by atoms with Gasteiger partial charge in [-0.2, -0.15) is 5.10 Å². The standard InChI is InChI=1S/C30H32FN5OS/c1-3-4-8-20(2)27(29(37)34-30-35-32-19-38-30)28(21-9-6-5-7-10-21)22-11-16-26-23(17-22)18-33-36(26)25-14-12-24(31)13-15-25/h5-7,9-14,16-20,25,27-28H,3-4,8,15H2,1-2H3,(H,34,35,37). The van der Waals surface area contributed by atoms with Crippen molar-refractivity contribution < 1.29 is 9.18 Å². The fourth-order valence-electron chi connectivity index (χ4n) is 5.42. The summed E-state index contributed by atoms with van der Waals surface area (Å²) < 4.78 is 15.5. The minimum Gasteiger partial charge on any atom is -0.300 e. The molecule has 196 valence electrons. The monoisotopic (exact) mass is 529 g/mol. The molecule has 0 saturated carbocycles. The third kappa shape index (κ3) is 5.60. The lowest BCUT2D eigenvalue weighted by Crippen LogP contribution is -2.34. The zero-order valence-electron chi connectivity index (χ0n) is 21.6. The summed E-state index contributed by atoms with van der Waals surface area (Å²) in [6.07, 6.45) is 10.5. The molecule has 2 aromatic carbocycles. The second-order valence-corrected chi connectivity index (χ2v) is 10.8. The van der Waals surface area contributed by atoms with E-state index in [9.17, 15) is 9.18 Å². The van der Waals surface area contributed by atoms with Gasteiger partial charge in [-0.25, -0.2) is 4.39 Å². The van der Waals surface area contributed by atoms with E-state index in [1.165, 1.54) is 17.4 Å². The Bertz CT molecular complexity index is 1430. The smallest absolute Gasteiger partial charge is 0.230 e. The van der Waals surface area contributed by atoms with Crippen LogP contribution in [-0.4, -0.2) is 25.9 Å². The number of hydrogen-bond donors (Lipinski definition) is 1. The van der Waals surface area contributed by atoms with Crippen molar-refractivity contribution in [2.24, 2.45) is 11.8 Å². The summed E-state index contributed by atoms with van der Waals surface area (Å²) in [4.78, 5) is 13.9. The fourth-order valence-corrected chi connectivity index (χ4v) is 5.87. The number of fused-ring (bicyclic) bond motifs is 1. The van der Waals surface area contributed by atoms with Gasteiger partial charge >= 0.3 is 0 Å². The molecule has 5 rings (SSSR count). The first-order chi connectivity index (χ1) is 18.5. The van der Waals surface area contributed by atoms with E-state index in [1.807, 2.05) is 35.2 Å². The van der Waals surface area contributed by atoms with Crippen molar-refractivity contribution in [1.82, 2.24) is 20.0 Å². The van der Waals surface area contributed by atoms with Crippen LogP contribution in [-0.2, 0) is 4.79 Å². The first-order valence-electron chi connectivity index (χ1n) is 13.2. The van der Waals surface area contributed by atoms with Crippen LogP contribution in [0.5, 0.6) is 0 Å². The van der Waals surface area contributed by atoms with E-state index < -0.39 is 0 Å². The van der Waals surface area contributed by atoms with Crippen LogP contribution in [0, 0.1) is 11.8 Å². The number of amides is 1. The van der Waals surface area contributed by atoms with Crippen LogP contribution in [0.4, 0.5) is 9.52 Å². The molecule has 1 aliphatic carbocycles. The average molecular weight is 530 g/mol. The average Bonchev–Trinajstić information content (AvgIpc) is 3.61. The van der Waals surface area contributed by atoms with Crippen molar-refractivity contribution in [3.63, 3.8) is 0 Å². The van der Waals surface area contributed by atoms with E-state index in [1.54, 1.807) is 11.6 Å². The van der Waals surface area contributed by atoms with Gasteiger partial charge in [0.1, 0.15) is 11.3 Å². The molecular weight excluding hydrogens is 497 g/mol. The molecule has 38 heavy (non-hydrogen) atoms. The van der Waals surface area contributed by atoms with Gasteiger partial charge in [0, 0.05) is 11.3 Å². The first kappa shape index (κ1) is 26.0. The number of unbranched alkanes of at least 4 members (excludes halogenated alkanes) is 1. The Morgan fingerprint density at radius 2 is 2.05 bits per heavy atom. The Kier molecular flexibility index (Phi) is 8.08. The lowest BCUT2D eigenvalue weighted by Gasteiger charge is -2.32. The summed E-state index contributed by atoms with van der Waals surface area (Å²) >= 11 is 1.32. The molecule has 0 spiro atoms. The molecule has 2 heterocycles. The Morgan fingerprint density at radius 1 is 1.21 bits per heavy atom. The van der Waals surface area contributed by atoms with Gasteiger partial charge in [-0.05, 0) is 54.2 Å². The van der Waals surface area contributed by atoms with E-state index in [4.69, 9.17) is 0 Å². The highest BCUT2D eigenvalue weighted by atomic mass is 32.1. The van der Waals surface area contributed by atoms with E-state index in [-0.39, 0.29) is 35.5 Å². The summed E-state index contributed by atoms with van der Waals surface area (Å²) in [5.41, 5.74) is 4.77. The maximum Gasteiger partial charge on any atom is 0.230 e. The van der Waals surface area contributed by atoms with Crippen molar-refractivity contribution >= 4 is 33.3 Å². The van der Waals surface area contributed by atoms with Crippen LogP contribution in [0.1, 0.15) is 62.6 Å². The summed E-state index contributed by atoms with van der Waals surface area (Å²) in [7, 11) is 0. The Hall–Kier alpha value is -3.65. The largest absolute Gasteiger partial charge is 0.300 e. The lowest BCUT2D eigenvalue weighted by atomic mass is 9.73. The van der Waals surface area contributed by atoms with Gasteiger partial charge in [-0.1, -0.05) is 80.5 Å². The molecule has 1 amide bonds. The third-order valence-corrected chi connectivity index (χ3v) is 7.97. The van der Waals surface area contributed by atoms with Crippen LogP contribution >= 0.6 is 11.3 Å². The highest BCUT2D eigenvalue weighted by molar-refractivity contribution is 7.13. The lowest BCUT2D eigenvalue weighted by molar-refractivity contribution is -0.121. The summed E-state index contributed by atoms with van der Waals surface area (Å²) in [6.45, 7) is 4.35. The quantitative estimate of drug-likeness (QED) is 0.231. The number of hydrogen-bond acceptors (Lipinski definition) is 5. The molecule has 1 aliphatic rings. The van der Waals surface area contributed by atoms with Crippen LogP contribution in [0.2, 0.25) is 0 Å². The molecule has 4 aromatic rings. The predicted molar refractivity (Wildman–Crippen MR) is 151 cm³/mol. The van der Waals surface area contributed by atoms with Gasteiger partial charge in [-0.15, -0.1) is 10.2 Å². The SMILES string of the molecule is CCCCC(C)C(C(=O)Nc1nncs1)C(c1ccccc1)c1ccc2c(cnn2C2C=CC(F)=CC2)c1. The number of anilines is 1. The predicted octanol–water partition coefficient (Wildman–Crippen LogP) is 7.46. The number of allylic oxidation sites excluding steroid dienone is 4. The number of rotatable bonds is 10. The minimum atomic E-state index is -0.310. The number of nitrogens with one attached hydrogen (secondary N) is 1. The first-order valence-corrected chi connectivity index (χ1v) is 14.1. The molecule has 0 fully saturated rings. The zero-order chi connectivity index (χ0) is 26.5. The van der Waals surface area contributed by atoms with E-state index >= 15 is 0 Å². The van der Waals surface area contributed by atoms with Gasteiger partial charge < -0.3 is 5.32 Å². The zero-order valence-corrected chi connectivity index (χ0v) is 22.4. The summed E-state index contributed by atoms with van der Waals surface area (Å²) in [5, 5.41) is 17.1. The number of carbonyl (C=O) groups is 1. The van der Waals surface area contributed by atoms with Crippen molar-refractivity contribution in [3.8, 4) is 0 Å². The molecule has 0 saturated heterocycles. The van der Waals surface area contributed by atoms with E-state index in [0.29, 0.717) is 11.6 Å². The van der Waals surface area contributed by atoms with Gasteiger partial charge in [0.05, 0.1) is 23.7 Å². The molecule has 0 radical (unpaired) electrons. The molecule has 0 bridgehead atoms. The molecule has 8 heteroatoms.